The van der Waals surface area contributed by atoms with Gasteiger partial charge in [-0.3, -0.25) is 4.79 Å². The molecule has 0 aliphatic rings. The van der Waals surface area contributed by atoms with Crippen molar-refractivity contribution in [1.82, 2.24) is 4.98 Å². The number of aryl methyl sites for hydroxylation is 3. The summed E-state index contributed by atoms with van der Waals surface area (Å²) in [6, 6.07) is 15.3. The third-order valence-electron chi connectivity index (χ3n) is 4.52. The Hall–Kier alpha value is -3.05. The zero-order chi connectivity index (χ0) is 22.1. The maximum absolute atomic E-state index is 9.75. The number of phenolic OH excluding ortho intramolecular Hbond substituents is 1. The van der Waals surface area contributed by atoms with Crippen LogP contribution in [0.4, 0.5) is 0 Å². The standard InChI is InChI=1S/C23H24ClNO2.CH2O2/c1-4-6-18-10-9-17(13-20(18)24)14-27-22-8-5-7-21(25-22)23-15(2)11-19(26)12-16(23)3;2-1-3/h5,7-13,26H,4,6,14H2,1-3H3;1H,(H,2,3). The van der Waals surface area contributed by atoms with Crippen LogP contribution in [0.1, 0.15) is 35.6 Å². The van der Waals surface area contributed by atoms with Gasteiger partial charge in [0.2, 0.25) is 5.88 Å². The molecule has 0 unspecified atom stereocenters. The van der Waals surface area contributed by atoms with Crippen LogP contribution in [0.5, 0.6) is 11.6 Å². The number of ether oxygens (including phenoxy) is 1. The first kappa shape index (κ1) is 23.2. The maximum atomic E-state index is 9.75. The number of hydrogen-bond donors (Lipinski definition) is 2. The normalized spacial score (nSPS) is 10.1. The van der Waals surface area contributed by atoms with Crippen LogP contribution < -0.4 is 4.74 Å². The quantitative estimate of drug-likeness (QED) is 0.474. The Morgan fingerprint density at radius 3 is 2.37 bits per heavy atom. The van der Waals surface area contributed by atoms with E-state index in [-0.39, 0.29) is 12.2 Å². The topological polar surface area (TPSA) is 79.7 Å². The minimum Gasteiger partial charge on any atom is -0.508 e. The molecule has 0 bridgehead atoms. The first-order valence-corrected chi connectivity index (χ1v) is 10.0. The van der Waals surface area contributed by atoms with Gasteiger partial charge < -0.3 is 14.9 Å². The monoisotopic (exact) mass is 427 g/mol. The highest BCUT2D eigenvalue weighted by Crippen LogP contribution is 2.30. The molecule has 3 aromatic rings. The van der Waals surface area contributed by atoms with Gasteiger partial charge in [0.1, 0.15) is 12.4 Å². The predicted molar refractivity (Wildman–Crippen MR) is 119 cm³/mol. The molecule has 5 nitrogen and oxygen atoms in total. The highest BCUT2D eigenvalue weighted by Gasteiger charge is 2.10. The lowest BCUT2D eigenvalue weighted by Gasteiger charge is -2.12. The summed E-state index contributed by atoms with van der Waals surface area (Å²) in [4.78, 5) is 13.0. The van der Waals surface area contributed by atoms with Crippen molar-refractivity contribution < 1.29 is 19.7 Å². The van der Waals surface area contributed by atoms with Gasteiger partial charge in [-0.15, -0.1) is 0 Å². The fraction of sp³-hybridized carbons (Fsp3) is 0.250. The molecular weight excluding hydrogens is 402 g/mol. The third-order valence-corrected chi connectivity index (χ3v) is 4.87. The van der Waals surface area contributed by atoms with Crippen LogP contribution in [0.25, 0.3) is 11.3 Å². The van der Waals surface area contributed by atoms with Gasteiger partial charge in [-0.2, -0.15) is 0 Å². The van der Waals surface area contributed by atoms with Gasteiger partial charge in [0.15, 0.2) is 0 Å². The zero-order valence-corrected chi connectivity index (χ0v) is 18.1. The first-order chi connectivity index (χ1) is 14.4. The Kier molecular flexibility index (Phi) is 8.69. The Balaban J connectivity index is 0.00000101. The Morgan fingerprint density at radius 2 is 1.77 bits per heavy atom. The van der Waals surface area contributed by atoms with E-state index in [9.17, 15) is 5.11 Å². The minimum atomic E-state index is -0.250. The van der Waals surface area contributed by atoms with Crippen molar-refractivity contribution in [2.75, 3.05) is 0 Å². The number of rotatable bonds is 6. The van der Waals surface area contributed by atoms with Crippen LogP contribution in [0.15, 0.2) is 48.5 Å². The smallest absolute Gasteiger partial charge is 0.290 e. The predicted octanol–water partition coefficient (Wildman–Crippen LogP) is 5.96. The molecule has 6 heteroatoms. The molecule has 0 fully saturated rings. The number of carboxylic acid groups (broad SMARTS) is 1. The summed E-state index contributed by atoms with van der Waals surface area (Å²) >= 11 is 6.35. The number of aromatic nitrogens is 1. The van der Waals surface area contributed by atoms with E-state index in [1.54, 1.807) is 12.1 Å². The van der Waals surface area contributed by atoms with E-state index < -0.39 is 0 Å². The van der Waals surface area contributed by atoms with Gasteiger partial charge in [-0.25, -0.2) is 4.98 Å². The number of phenols is 1. The molecule has 0 atom stereocenters. The number of halogens is 1. The highest BCUT2D eigenvalue weighted by atomic mass is 35.5. The summed E-state index contributed by atoms with van der Waals surface area (Å²) < 4.78 is 5.89. The summed E-state index contributed by atoms with van der Waals surface area (Å²) in [5.41, 5.74) is 6.00. The van der Waals surface area contributed by atoms with E-state index in [4.69, 9.17) is 26.2 Å². The van der Waals surface area contributed by atoms with Crippen molar-refractivity contribution in [1.29, 1.82) is 0 Å². The molecule has 3 rings (SSSR count). The van der Waals surface area contributed by atoms with Gasteiger partial charge in [0.25, 0.3) is 6.47 Å². The SMILES string of the molecule is CCCc1ccc(COc2cccc(-c3c(C)cc(O)cc3C)n2)cc1Cl.O=CO. The number of carbonyl (C=O) groups is 1. The summed E-state index contributed by atoms with van der Waals surface area (Å²) in [5, 5.41) is 17.4. The second kappa shape index (κ2) is 11.2. The summed E-state index contributed by atoms with van der Waals surface area (Å²) in [7, 11) is 0. The Labute approximate surface area is 181 Å². The van der Waals surface area contributed by atoms with Crippen molar-refractivity contribution in [3.05, 3.63) is 75.8 Å². The van der Waals surface area contributed by atoms with E-state index >= 15 is 0 Å². The van der Waals surface area contributed by atoms with E-state index in [1.165, 1.54) is 5.56 Å². The number of pyridine rings is 1. The van der Waals surface area contributed by atoms with E-state index in [2.05, 4.69) is 24.0 Å². The van der Waals surface area contributed by atoms with Crippen molar-refractivity contribution >= 4 is 18.1 Å². The van der Waals surface area contributed by atoms with Crippen LogP contribution in [-0.2, 0) is 17.8 Å². The van der Waals surface area contributed by atoms with E-state index in [0.717, 1.165) is 45.8 Å². The molecule has 0 aliphatic heterocycles. The van der Waals surface area contributed by atoms with Gasteiger partial charge in [0.05, 0.1) is 5.69 Å². The molecule has 0 amide bonds. The Bertz CT molecular complexity index is 981. The molecule has 0 aliphatic carbocycles. The van der Waals surface area contributed by atoms with Crippen LogP contribution in [-0.4, -0.2) is 21.7 Å². The lowest BCUT2D eigenvalue weighted by Crippen LogP contribution is -1.99. The van der Waals surface area contributed by atoms with Crippen LogP contribution >= 0.6 is 11.6 Å². The van der Waals surface area contributed by atoms with Crippen LogP contribution in [0.2, 0.25) is 5.02 Å². The second-order valence-electron chi connectivity index (χ2n) is 6.89. The third kappa shape index (κ3) is 6.22. The lowest BCUT2D eigenvalue weighted by molar-refractivity contribution is -0.122. The molecule has 30 heavy (non-hydrogen) atoms. The molecule has 2 aromatic carbocycles. The molecule has 158 valence electrons. The first-order valence-electron chi connectivity index (χ1n) is 9.65. The Morgan fingerprint density at radius 1 is 1.10 bits per heavy atom. The average molecular weight is 428 g/mol. The summed E-state index contributed by atoms with van der Waals surface area (Å²) in [5.74, 6) is 0.831. The summed E-state index contributed by atoms with van der Waals surface area (Å²) in [6.07, 6.45) is 2.05. The van der Waals surface area contributed by atoms with E-state index in [1.807, 2.05) is 38.1 Å². The molecule has 0 radical (unpaired) electrons. The average Bonchev–Trinajstić information content (AvgIpc) is 2.69. The highest BCUT2D eigenvalue weighted by molar-refractivity contribution is 6.31. The maximum Gasteiger partial charge on any atom is 0.290 e. The van der Waals surface area contributed by atoms with Crippen molar-refractivity contribution in [3.63, 3.8) is 0 Å². The van der Waals surface area contributed by atoms with Crippen molar-refractivity contribution in [2.45, 2.75) is 40.2 Å². The van der Waals surface area contributed by atoms with Crippen LogP contribution in [0.3, 0.4) is 0 Å². The van der Waals surface area contributed by atoms with Crippen LogP contribution in [0, 0.1) is 13.8 Å². The van der Waals surface area contributed by atoms with E-state index in [0.29, 0.717) is 12.5 Å². The minimum absolute atomic E-state index is 0.250. The fourth-order valence-corrected chi connectivity index (χ4v) is 3.59. The van der Waals surface area contributed by atoms with Gasteiger partial charge in [0, 0.05) is 16.7 Å². The molecule has 1 aromatic heterocycles. The zero-order valence-electron chi connectivity index (χ0n) is 17.4. The number of aromatic hydroxyl groups is 1. The number of benzene rings is 2. The fourth-order valence-electron chi connectivity index (χ4n) is 3.29. The van der Waals surface area contributed by atoms with Gasteiger partial charge in [-0.1, -0.05) is 43.1 Å². The van der Waals surface area contributed by atoms with Crippen molar-refractivity contribution in [3.8, 4) is 22.9 Å². The van der Waals surface area contributed by atoms with Gasteiger partial charge in [-0.05, 0) is 66.8 Å². The summed E-state index contributed by atoms with van der Waals surface area (Å²) in [6.45, 7) is 6.24. The molecule has 1 heterocycles. The second-order valence-corrected chi connectivity index (χ2v) is 7.29. The van der Waals surface area contributed by atoms with Crippen molar-refractivity contribution in [2.24, 2.45) is 0 Å². The molecule has 0 saturated heterocycles. The molecule has 0 spiro atoms. The molecule has 0 saturated carbocycles. The number of nitrogens with zero attached hydrogens (tertiary/aromatic N) is 1. The largest absolute Gasteiger partial charge is 0.508 e. The number of hydrogen-bond acceptors (Lipinski definition) is 4. The lowest BCUT2D eigenvalue weighted by atomic mass is 9.99. The molecular formula is C24H26ClNO4. The molecule has 2 N–H and O–H groups in total. The van der Waals surface area contributed by atoms with Gasteiger partial charge >= 0.3 is 0 Å².